The van der Waals surface area contributed by atoms with E-state index in [1.165, 1.54) is 0 Å². The number of carbonyl (C=O) groups is 1. The maximum atomic E-state index is 11.6. The van der Waals surface area contributed by atoms with E-state index in [-0.39, 0.29) is 23.5 Å². The molecule has 0 bridgehead atoms. The normalized spacial score (nSPS) is 13.6. The van der Waals surface area contributed by atoms with E-state index in [0.29, 0.717) is 25.4 Å². The van der Waals surface area contributed by atoms with Crippen LogP contribution < -0.4 is 10.6 Å². The number of amides is 1. The lowest BCUT2D eigenvalue weighted by Gasteiger charge is -2.15. The van der Waals surface area contributed by atoms with Crippen LogP contribution in [0.1, 0.15) is 34.1 Å². The third-order valence-electron chi connectivity index (χ3n) is 2.46. The second kappa shape index (κ2) is 8.48. The number of nitrogens with one attached hydrogen (secondary N) is 2. The monoisotopic (exact) mass is 278 g/mol. The molecule has 0 aliphatic carbocycles. The third kappa shape index (κ3) is 8.47. The Labute approximate surface area is 111 Å². The third-order valence-corrected chi connectivity index (χ3v) is 4.31. The van der Waals surface area contributed by atoms with Crippen LogP contribution in [-0.4, -0.2) is 45.0 Å². The van der Waals surface area contributed by atoms with Gasteiger partial charge in [0.05, 0.1) is 11.8 Å². The van der Waals surface area contributed by atoms with Crippen LogP contribution in [0.25, 0.3) is 0 Å². The molecular weight excluding hydrogens is 252 g/mol. The van der Waals surface area contributed by atoms with Gasteiger partial charge in [0.2, 0.25) is 5.91 Å². The van der Waals surface area contributed by atoms with Crippen molar-refractivity contribution in [2.24, 2.45) is 5.92 Å². The van der Waals surface area contributed by atoms with Gasteiger partial charge in [0, 0.05) is 18.8 Å². The molecule has 0 fully saturated rings. The molecule has 18 heavy (non-hydrogen) atoms. The van der Waals surface area contributed by atoms with Crippen molar-refractivity contribution in [3.63, 3.8) is 0 Å². The number of carbonyl (C=O) groups excluding carboxylic acids is 1. The lowest BCUT2D eigenvalue weighted by atomic mass is 10.2. The Kier molecular flexibility index (Phi) is 8.18. The van der Waals surface area contributed by atoms with Crippen molar-refractivity contribution in [3.05, 3.63) is 0 Å². The first-order valence-corrected chi connectivity index (χ1v) is 8.32. The Balaban J connectivity index is 3.89. The van der Waals surface area contributed by atoms with Crippen LogP contribution in [0, 0.1) is 5.92 Å². The van der Waals surface area contributed by atoms with Gasteiger partial charge in [-0.2, -0.15) is 0 Å². The topological polar surface area (TPSA) is 75.3 Å². The zero-order chi connectivity index (χ0) is 14.2. The quantitative estimate of drug-likeness (QED) is 0.646. The van der Waals surface area contributed by atoms with Gasteiger partial charge < -0.3 is 10.6 Å². The summed E-state index contributed by atoms with van der Waals surface area (Å²) in [6.45, 7) is 8.58. The molecule has 1 unspecified atom stereocenters. The largest absolute Gasteiger partial charge is 0.354 e. The molecule has 0 saturated carbocycles. The van der Waals surface area contributed by atoms with Crippen LogP contribution in [0.2, 0.25) is 0 Å². The van der Waals surface area contributed by atoms with Crippen LogP contribution in [0.15, 0.2) is 0 Å². The van der Waals surface area contributed by atoms with Gasteiger partial charge in [0.25, 0.3) is 0 Å². The summed E-state index contributed by atoms with van der Waals surface area (Å²) in [5, 5.41) is 5.73. The van der Waals surface area contributed by atoms with Crippen LogP contribution >= 0.6 is 0 Å². The first-order chi connectivity index (χ1) is 8.28. The summed E-state index contributed by atoms with van der Waals surface area (Å²) >= 11 is 0. The fourth-order valence-electron chi connectivity index (χ4n) is 1.39. The van der Waals surface area contributed by atoms with E-state index >= 15 is 0 Å². The average Bonchev–Trinajstić information content (AvgIpc) is 2.25. The van der Waals surface area contributed by atoms with Crippen molar-refractivity contribution < 1.29 is 13.2 Å². The molecule has 0 spiro atoms. The molecule has 0 saturated heterocycles. The molecule has 6 heteroatoms. The zero-order valence-electron chi connectivity index (χ0n) is 11.8. The van der Waals surface area contributed by atoms with E-state index in [1.54, 1.807) is 6.92 Å². The average molecular weight is 278 g/mol. The molecule has 5 nitrogen and oxygen atoms in total. The van der Waals surface area contributed by atoms with Gasteiger partial charge in [0.15, 0.2) is 9.84 Å². The van der Waals surface area contributed by atoms with Crippen molar-refractivity contribution in [2.45, 2.75) is 40.2 Å². The SMILES string of the molecule is CCCS(=O)(=O)CCNC(C)C(=O)NCC(C)C. The van der Waals surface area contributed by atoms with E-state index in [9.17, 15) is 13.2 Å². The van der Waals surface area contributed by atoms with Gasteiger partial charge in [-0.25, -0.2) is 8.42 Å². The zero-order valence-corrected chi connectivity index (χ0v) is 12.6. The summed E-state index contributed by atoms with van der Waals surface area (Å²) in [5.41, 5.74) is 0. The Morgan fingerprint density at radius 1 is 1.17 bits per heavy atom. The van der Waals surface area contributed by atoms with Crippen molar-refractivity contribution >= 4 is 15.7 Å². The number of sulfone groups is 1. The minimum Gasteiger partial charge on any atom is -0.354 e. The maximum absolute atomic E-state index is 11.6. The highest BCUT2D eigenvalue weighted by Crippen LogP contribution is 1.93. The van der Waals surface area contributed by atoms with Crippen LogP contribution in [0.3, 0.4) is 0 Å². The van der Waals surface area contributed by atoms with E-state index in [4.69, 9.17) is 0 Å². The summed E-state index contributed by atoms with van der Waals surface area (Å²) in [4.78, 5) is 11.6. The summed E-state index contributed by atoms with van der Waals surface area (Å²) in [5.74, 6) is 0.619. The Morgan fingerprint density at radius 3 is 2.28 bits per heavy atom. The number of hydrogen-bond donors (Lipinski definition) is 2. The fourth-order valence-corrected chi connectivity index (χ4v) is 2.65. The first-order valence-electron chi connectivity index (χ1n) is 6.50. The van der Waals surface area contributed by atoms with Gasteiger partial charge >= 0.3 is 0 Å². The van der Waals surface area contributed by atoms with Crippen molar-refractivity contribution in [1.82, 2.24) is 10.6 Å². The molecule has 0 aromatic heterocycles. The Morgan fingerprint density at radius 2 is 1.78 bits per heavy atom. The molecule has 0 aliphatic heterocycles. The van der Waals surface area contributed by atoms with Crippen molar-refractivity contribution in [1.29, 1.82) is 0 Å². The van der Waals surface area contributed by atoms with Crippen molar-refractivity contribution in [3.8, 4) is 0 Å². The minimum absolute atomic E-state index is 0.0860. The second-order valence-electron chi connectivity index (χ2n) is 4.97. The lowest BCUT2D eigenvalue weighted by Crippen LogP contribution is -2.44. The van der Waals surface area contributed by atoms with E-state index in [0.717, 1.165) is 0 Å². The standard InChI is InChI=1S/C12H26N2O3S/c1-5-7-18(16,17)8-6-13-11(4)12(15)14-9-10(2)3/h10-11,13H,5-9H2,1-4H3,(H,14,15). The van der Waals surface area contributed by atoms with Gasteiger partial charge in [-0.3, -0.25) is 4.79 Å². The van der Waals surface area contributed by atoms with E-state index < -0.39 is 9.84 Å². The molecule has 1 atom stereocenters. The minimum atomic E-state index is -2.97. The van der Waals surface area contributed by atoms with Gasteiger partial charge in [-0.05, 0) is 19.3 Å². The molecule has 0 heterocycles. The fraction of sp³-hybridized carbons (Fsp3) is 0.917. The summed E-state index contributed by atoms with van der Waals surface area (Å²) in [6.07, 6.45) is 0.632. The van der Waals surface area contributed by atoms with Crippen LogP contribution in [-0.2, 0) is 14.6 Å². The lowest BCUT2D eigenvalue weighted by molar-refractivity contribution is -0.122. The van der Waals surface area contributed by atoms with E-state index in [2.05, 4.69) is 10.6 Å². The van der Waals surface area contributed by atoms with Gasteiger partial charge in [-0.1, -0.05) is 20.8 Å². The highest BCUT2D eigenvalue weighted by atomic mass is 32.2. The first kappa shape index (κ1) is 17.4. The molecule has 108 valence electrons. The summed E-state index contributed by atoms with van der Waals surface area (Å²) in [6, 6.07) is -0.361. The predicted molar refractivity (Wildman–Crippen MR) is 74.3 cm³/mol. The number of rotatable bonds is 9. The van der Waals surface area contributed by atoms with Gasteiger partial charge in [-0.15, -0.1) is 0 Å². The van der Waals surface area contributed by atoms with Crippen LogP contribution in [0.5, 0.6) is 0 Å². The molecular formula is C12H26N2O3S. The number of hydrogen-bond acceptors (Lipinski definition) is 4. The Bertz CT molecular complexity index is 339. The molecule has 1 amide bonds. The van der Waals surface area contributed by atoms with Crippen LogP contribution in [0.4, 0.5) is 0 Å². The summed E-state index contributed by atoms with van der Waals surface area (Å²) in [7, 11) is -2.97. The van der Waals surface area contributed by atoms with Gasteiger partial charge in [0.1, 0.15) is 0 Å². The smallest absolute Gasteiger partial charge is 0.236 e. The molecule has 0 radical (unpaired) electrons. The molecule has 0 aromatic rings. The highest BCUT2D eigenvalue weighted by Gasteiger charge is 2.14. The molecule has 0 rings (SSSR count). The molecule has 0 aliphatic rings. The maximum Gasteiger partial charge on any atom is 0.236 e. The second-order valence-corrected chi connectivity index (χ2v) is 7.27. The summed E-state index contributed by atoms with van der Waals surface area (Å²) < 4.78 is 22.9. The highest BCUT2D eigenvalue weighted by molar-refractivity contribution is 7.91. The van der Waals surface area contributed by atoms with E-state index in [1.807, 2.05) is 20.8 Å². The molecule has 0 aromatic carbocycles. The molecule has 2 N–H and O–H groups in total. The van der Waals surface area contributed by atoms with Crippen molar-refractivity contribution in [2.75, 3.05) is 24.6 Å². The predicted octanol–water partition coefficient (Wildman–Crippen LogP) is 0.562. The Hall–Kier alpha value is -0.620.